The van der Waals surface area contributed by atoms with Crippen LogP contribution >= 0.6 is 0 Å². The molecule has 3 unspecified atom stereocenters. The van der Waals surface area contributed by atoms with Gasteiger partial charge in [-0.15, -0.1) is 0 Å². The van der Waals surface area contributed by atoms with E-state index in [1.165, 1.54) is 0 Å². The van der Waals surface area contributed by atoms with Gasteiger partial charge in [0.1, 0.15) is 0 Å². The van der Waals surface area contributed by atoms with Crippen LogP contribution in [0.2, 0.25) is 0 Å². The first-order chi connectivity index (χ1) is 6.66. The largest absolute Gasteiger partial charge is 0.342 e. The minimum absolute atomic E-state index is 0.0512. The van der Waals surface area contributed by atoms with E-state index in [0.29, 0.717) is 5.92 Å². The van der Waals surface area contributed by atoms with Crippen LogP contribution in [0.4, 0.5) is 0 Å². The molecule has 14 heavy (non-hydrogen) atoms. The van der Waals surface area contributed by atoms with E-state index in [-0.39, 0.29) is 17.9 Å². The maximum Gasteiger partial charge on any atom is 0.229 e. The Morgan fingerprint density at radius 1 is 1.50 bits per heavy atom. The van der Waals surface area contributed by atoms with Crippen LogP contribution in [0.5, 0.6) is 0 Å². The highest BCUT2D eigenvalue weighted by Gasteiger charge is 2.30. The monoisotopic (exact) mass is 194 g/mol. The summed E-state index contributed by atoms with van der Waals surface area (Å²) in [6, 6.07) is 0.0870. The van der Waals surface area contributed by atoms with Gasteiger partial charge in [0.25, 0.3) is 0 Å². The Bertz CT molecular complexity index is 262. The molecule has 1 aliphatic carbocycles. The zero-order valence-electron chi connectivity index (χ0n) is 8.65. The maximum absolute atomic E-state index is 12.0. The van der Waals surface area contributed by atoms with Gasteiger partial charge in [0, 0.05) is 19.1 Å². The summed E-state index contributed by atoms with van der Waals surface area (Å²) in [4.78, 5) is 13.9. The van der Waals surface area contributed by atoms with Crippen molar-refractivity contribution >= 4 is 5.91 Å². The van der Waals surface area contributed by atoms with Gasteiger partial charge in [-0.25, -0.2) is 0 Å². The Kier molecular flexibility index (Phi) is 2.59. The van der Waals surface area contributed by atoms with Gasteiger partial charge in [-0.2, -0.15) is 0 Å². The molecule has 1 aliphatic heterocycles. The molecule has 3 heteroatoms. The molecule has 78 valence electrons. The highest BCUT2D eigenvalue weighted by Crippen LogP contribution is 2.23. The van der Waals surface area contributed by atoms with Crippen molar-refractivity contribution in [1.82, 2.24) is 4.90 Å². The van der Waals surface area contributed by atoms with Crippen molar-refractivity contribution in [3.63, 3.8) is 0 Å². The lowest BCUT2D eigenvalue weighted by atomic mass is 10.1. The molecule has 1 heterocycles. The van der Waals surface area contributed by atoms with Gasteiger partial charge in [0.2, 0.25) is 5.91 Å². The number of carbonyl (C=O) groups excluding carboxylic acids is 1. The Labute approximate surface area is 84.9 Å². The van der Waals surface area contributed by atoms with Crippen LogP contribution in [0.15, 0.2) is 12.2 Å². The SMILES string of the molecule is CC1CCN(C(=O)C2C=CC(N)C2)C1. The lowest BCUT2D eigenvalue weighted by molar-refractivity contribution is -0.133. The zero-order valence-corrected chi connectivity index (χ0v) is 8.65. The lowest BCUT2D eigenvalue weighted by Gasteiger charge is -2.19. The average molecular weight is 194 g/mol. The summed E-state index contributed by atoms with van der Waals surface area (Å²) >= 11 is 0. The summed E-state index contributed by atoms with van der Waals surface area (Å²) in [6.45, 7) is 4.06. The molecule has 0 aromatic carbocycles. The summed E-state index contributed by atoms with van der Waals surface area (Å²) in [5.41, 5.74) is 5.73. The fourth-order valence-electron chi connectivity index (χ4n) is 2.28. The van der Waals surface area contributed by atoms with Crippen molar-refractivity contribution in [1.29, 1.82) is 0 Å². The minimum Gasteiger partial charge on any atom is -0.342 e. The summed E-state index contributed by atoms with van der Waals surface area (Å²) in [7, 11) is 0. The van der Waals surface area contributed by atoms with E-state index >= 15 is 0 Å². The van der Waals surface area contributed by atoms with Crippen LogP contribution in [0.3, 0.4) is 0 Å². The Morgan fingerprint density at radius 3 is 2.79 bits per heavy atom. The van der Waals surface area contributed by atoms with Crippen molar-refractivity contribution in [2.24, 2.45) is 17.6 Å². The van der Waals surface area contributed by atoms with E-state index in [1.54, 1.807) is 0 Å². The van der Waals surface area contributed by atoms with Crippen molar-refractivity contribution in [2.75, 3.05) is 13.1 Å². The molecule has 1 saturated heterocycles. The standard InChI is InChI=1S/C11H18N2O/c1-8-4-5-13(7-8)11(14)9-2-3-10(12)6-9/h2-3,8-10H,4-7,12H2,1H3. The third-order valence-electron chi connectivity index (χ3n) is 3.17. The van der Waals surface area contributed by atoms with Crippen LogP contribution in [0.25, 0.3) is 0 Å². The first kappa shape index (κ1) is 9.71. The highest BCUT2D eigenvalue weighted by atomic mass is 16.2. The third-order valence-corrected chi connectivity index (χ3v) is 3.17. The van der Waals surface area contributed by atoms with Gasteiger partial charge in [-0.05, 0) is 18.8 Å². The van der Waals surface area contributed by atoms with Gasteiger partial charge in [-0.3, -0.25) is 4.79 Å². The fourth-order valence-corrected chi connectivity index (χ4v) is 2.28. The number of likely N-dealkylation sites (tertiary alicyclic amines) is 1. The Balaban J connectivity index is 1.93. The van der Waals surface area contributed by atoms with Gasteiger partial charge in [-0.1, -0.05) is 19.1 Å². The summed E-state index contributed by atoms with van der Waals surface area (Å²) in [6.07, 6.45) is 5.86. The number of nitrogens with zero attached hydrogens (tertiary/aromatic N) is 1. The van der Waals surface area contributed by atoms with Gasteiger partial charge < -0.3 is 10.6 Å². The predicted octanol–water partition coefficient (Wildman–Crippen LogP) is 0.758. The Morgan fingerprint density at radius 2 is 2.29 bits per heavy atom. The first-order valence-corrected chi connectivity index (χ1v) is 5.39. The average Bonchev–Trinajstić information content (AvgIpc) is 2.73. The van der Waals surface area contributed by atoms with Crippen LogP contribution in [0.1, 0.15) is 19.8 Å². The Hall–Kier alpha value is -0.830. The number of carbonyl (C=O) groups is 1. The molecule has 0 aromatic rings. The summed E-state index contributed by atoms with van der Waals surface area (Å²) in [5.74, 6) is 0.992. The van der Waals surface area contributed by atoms with Crippen LogP contribution in [-0.2, 0) is 4.79 Å². The summed E-state index contributed by atoms with van der Waals surface area (Å²) in [5, 5.41) is 0. The number of amides is 1. The highest BCUT2D eigenvalue weighted by molar-refractivity contribution is 5.81. The second-order valence-electron chi connectivity index (χ2n) is 4.57. The normalized spacial score (nSPS) is 36.7. The van der Waals surface area contributed by atoms with Gasteiger partial charge >= 0.3 is 0 Å². The van der Waals surface area contributed by atoms with E-state index in [4.69, 9.17) is 5.73 Å². The fraction of sp³-hybridized carbons (Fsp3) is 0.727. The number of hydrogen-bond acceptors (Lipinski definition) is 2. The molecule has 0 saturated carbocycles. The number of hydrogen-bond donors (Lipinski definition) is 1. The van der Waals surface area contributed by atoms with Crippen molar-refractivity contribution in [3.05, 3.63) is 12.2 Å². The first-order valence-electron chi connectivity index (χ1n) is 5.39. The molecule has 2 aliphatic rings. The summed E-state index contributed by atoms with van der Waals surface area (Å²) < 4.78 is 0. The van der Waals surface area contributed by atoms with Gasteiger partial charge in [0.05, 0.1) is 5.92 Å². The second-order valence-corrected chi connectivity index (χ2v) is 4.57. The molecule has 1 amide bonds. The van der Waals surface area contributed by atoms with E-state index in [1.807, 2.05) is 17.1 Å². The zero-order chi connectivity index (χ0) is 10.1. The molecular formula is C11H18N2O. The lowest BCUT2D eigenvalue weighted by Crippen LogP contribution is -2.34. The molecule has 0 aromatic heterocycles. The minimum atomic E-state index is 0.0512. The van der Waals surface area contributed by atoms with E-state index in [0.717, 1.165) is 25.9 Å². The molecule has 3 atom stereocenters. The third kappa shape index (κ3) is 1.82. The number of nitrogens with two attached hydrogens (primary N) is 1. The molecule has 3 nitrogen and oxygen atoms in total. The van der Waals surface area contributed by atoms with Crippen molar-refractivity contribution in [2.45, 2.75) is 25.8 Å². The van der Waals surface area contributed by atoms with E-state index in [9.17, 15) is 4.79 Å². The van der Waals surface area contributed by atoms with E-state index in [2.05, 4.69) is 6.92 Å². The van der Waals surface area contributed by atoms with Crippen molar-refractivity contribution in [3.8, 4) is 0 Å². The predicted molar refractivity (Wildman–Crippen MR) is 55.6 cm³/mol. The second kappa shape index (κ2) is 3.73. The van der Waals surface area contributed by atoms with Crippen LogP contribution in [-0.4, -0.2) is 29.9 Å². The molecule has 0 bridgehead atoms. The molecule has 2 N–H and O–H groups in total. The molecule has 1 fully saturated rings. The molecular weight excluding hydrogens is 176 g/mol. The quantitative estimate of drug-likeness (QED) is 0.626. The van der Waals surface area contributed by atoms with Crippen LogP contribution in [0, 0.1) is 11.8 Å². The molecule has 2 rings (SSSR count). The molecule has 0 spiro atoms. The van der Waals surface area contributed by atoms with E-state index < -0.39 is 0 Å². The van der Waals surface area contributed by atoms with Crippen molar-refractivity contribution < 1.29 is 4.79 Å². The molecule has 0 radical (unpaired) electrons. The number of rotatable bonds is 1. The van der Waals surface area contributed by atoms with Crippen LogP contribution < -0.4 is 5.73 Å². The topological polar surface area (TPSA) is 46.3 Å². The smallest absolute Gasteiger partial charge is 0.229 e. The van der Waals surface area contributed by atoms with Gasteiger partial charge in [0.15, 0.2) is 0 Å². The maximum atomic E-state index is 12.0.